The van der Waals surface area contributed by atoms with Gasteiger partial charge in [-0.3, -0.25) is 4.79 Å². The zero-order valence-corrected chi connectivity index (χ0v) is 18.7. The number of rotatable bonds is 7. The van der Waals surface area contributed by atoms with Crippen LogP contribution in [0.5, 0.6) is 0 Å². The molecule has 1 atom stereocenters. The highest BCUT2D eigenvalue weighted by atomic mass is 35.5. The Hall–Kier alpha value is -3.49. The lowest BCUT2D eigenvalue weighted by molar-refractivity contribution is 0.0937. The lowest BCUT2D eigenvalue weighted by Gasteiger charge is -2.15. The SMILES string of the molecule is CCc1ccc(-c2ccn3nc(N)nc3c2)c(F)c1C(=O)NCC[C@H](O)c1ccc(Cl)cc1. The second kappa shape index (κ2) is 9.56. The van der Waals surface area contributed by atoms with Gasteiger partial charge in [-0.05, 0) is 53.8 Å². The molecule has 33 heavy (non-hydrogen) atoms. The first-order valence-electron chi connectivity index (χ1n) is 10.5. The number of carbonyl (C=O) groups excluding carboxylic acids is 1. The highest BCUT2D eigenvalue weighted by molar-refractivity contribution is 6.30. The number of aliphatic hydroxyl groups excluding tert-OH is 1. The third kappa shape index (κ3) is 4.81. The Kier molecular flexibility index (Phi) is 6.57. The summed E-state index contributed by atoms with van der Waals surface area (Å²) in [5.74, 6) is -1.01. The Bertz CT molecular complexity index is 1310. The average Bonchev–Trinajstić information content (AvgIpc) is 3.18. The minimum absolute atomic E-state index is 0.00293. The zero-order chi connectivity index (χ0) is 23.5. The van der Waals surface area contributed by atoms with Gasteiger partial charge in [-0.25, -0.2) is 8.91 Å². The van der Waals surface area contributed by atoms with Crippen LogP contribution in [0.15, 0.2) is 54.7 Å². The van der Waals surface area contributed by atoms with Crippen molar-refractivity contribution in [2.75, 3.05) is 12.3 Å². The van der Waals surface area contributed by atoms with Crippen molar-refractivity contribution in [3.05, 3.63) is 82.3 Å². The number of nitrogens with zero attached hydrogens (tertiary/aromatic N) is 3. The molecule has 9 heteroatoms. The van der Waals surface area contributed by atoms with Crippen LogP contribution in [0, 0.1) is 5.82 Å². The van der Waals surface area contributed by atoms with E-state index in [0.29, 0.717) is 33.8 Å². The number of fused-ring (bicyclic) bond motifs is 1. The summed E-state index contributed by atoms with van der Waals surface area (Å²) in [7, 11) is 0. The molecule has 4 N–H and O–H groups in total. The minimum atomic E-state index is -0.772. The second-order valence-corrected chi connectivity index (χ2v) is 8.05. The molecule has 2 aromatic carbocycles. The Morgan fingerprint density at radius 2 is 2.00 bits per heavy atom. The van der Waals surface area contributed by atoms with Crippen molar-refractivity contribution in [3.8, 4) is 11.1 Å². The number of nitrogens with one attached hydrogen (secondary N) is 1. The number of benzene rings is 2. The third-order valence-electron chi connectivity index (χ3n) is 5.46. The molecular weight excluding hydrogens is 445 g/mol. The van der Waals surface area contributed by atoms with Crippen molar-refractivity contribution >= 4 is 29.1 Å². The van der Waals surface area contributed by atoms with Crippen molar-refractivity contribution in [2.24, 2.45) is 0 Å². The first-order chi connectivity index (χ1) is 15.9. The van der Waals surface area contributed by atoms with E-state index in [1.54, 1.807) is 54.7 Å². The first-order valence-corrected chi connectivity index (χ1v) is 10.9. The molecule has 0 fully saturated rings. The summed E-state index contributed by atoms with van der Waals surface area (Å²) in [6, 6.07) is 13.6. The molecule has 0 saturated carbocycles. The predicted octanol–water partition coefficient (Wildman–Crippen LogP) is 4.19. The molecule has 170 valence electrons. The van der Waals surface area contributed by atoms with Gasteiger partial charge < -0.3 is 16.2 Å². The molecule has 4 aromatic rings. The van der Waals surface area contributed by atoms with Crippen LogP contribution in [0.2, 0.25) is 5.02 Å². The van der Waals surface area contributed by atoms with Gasteiger partial charge in [-0.15, -0.1) is 5.10 Å². The fourth-order valence-corrected chi connectivity index (χ4v) is 3.83. The van der Waals surface area contributed by atoms with Crippen LogP contribution in [0.4, 0.5) is 10.3 Å². The topological polar surface area (TPSA) is 106 Å². The highest BCUT2D eigenvalue weighted by Crippen LogP contribution is 2.28. The van der Waals surface area contributed by atoms with E-state index in [2.05, 4.69) is 15.4 Å². The van der Waals surface area contributed by atoms with E-state index in [4.69, 9.17) is 17.3 Å². The van der Waals surface area contributed by atoms with Gasteiger partial charge in [0, 0.05) is 23.3 Å². The van der Waals surface area contributed by atoms with Crippen LogP contribution in [0.3, 0.4) is 0 Å². The number of nitrogens with two attached hydrogens (primary N) is 1. The summed E-state index contributed by atoms with van der Waals surface area (Å²) in [6.07, 6.45) is 1.64. The standard InChI is InChI=1S/C24H23ClFN5O2/c1-2-14-5-8-18(16-10-12-31-20(13-16)29-24(27)30-31)22(26)21(14)23(33)28-11-9-19(32)15-3-6-17(25)7-4-15/h3-8,10,12-13,19,32H,2,9,11H2,1H3,(H2,27,30)(H,28,33)/t19-/m0/s1. The first kappa shape index (κ1) is 22.7. The molecule has 4 rings (SSSR count). The van der Waals surface area contributed by atoms with Crippen LogP contribution in [-0.2, 0) is 6.42 Å². The molecule has 0 aliphatic rings. The summed E-state index contributed by atoms with van der Waals surface area (Å²) in [5.41, 5.74) is 8.23. The average molecular weight is 468 g/mol. The summed E-state index contributed by atoms with van der Waals surface area (Å²) < 4.78 is 17.1. The number of amides is 1. The fraction of sp³-hybridized carbons (Fsp3) is 0.208. The minimum Gasteiger partial charge on any atom is -0.388 e. The number of halogens is 2. The molecular formula is C24H23ClFN5O2. The lowest BCUT2D eigenvalue weighted by Crippen LogP contribution is -2.27. The van der Waals surface area contributed by atoms with E-state index >= 15 is 4.39 Å². The van der Waals surface area contributed by atoms with E-state index in [9.17, 15) is 9.90 Å². The van der Waals surface area contributed by atoms with Crippen molar-refractivity contribution < 1.29 is 14.3 Å². The molecule has 0 aliphatic heterocycles. The Morgan fingerprint density at radius 3 is 2.73 bits per heavy atom. The predicted molar refractivity (Wildman–Crippen MR) is 126 cm³/mol. The van der Waals surface area contributed by atoms with Gasteiger partial charge in [-0.1, -0.05) is 42.8 Å². The molecule has 0 aliphatic carbocycles. The van der Waals surface area contributed by atoms with Crippen molar-refractivity contribution in [1.82, 2.24) is 19.9 Å². The molecule has 0 unspecified atom stereocenters. The number of nitrogen functional groups attached to an aromatic ring is 1. The number of aryl methyl sites for hydroxylation is 1. The number of hydrogen-bond acceptors (Lipinski definition) is 5. The van der Waals surface area contributed by atoms with Crippen LogP contribution >= 0.6 is 11.6 Å². The summed E-state index contributed by atoms with van der Waals surface area (Å²) >= 11 is 5.87. The number of carbonyl (C=O) groups is 1. The second-order valence-electron chi connectivity index (χ2n) is 7.61. The van der Waals surface area contributed by atoms with Gasteiger partial charge in [0.2, 0.25) is 5.95 Å². The van der Waals surface area contributed by atoms with Crippen LogP contribution in [0.25, 0.3) is 16.8 Å². The van der Waals surface area contributed by atoms with E-state index in [-0.39, 0.29) is 30.0 Å². The largest absolute Gasteiger partial charge is 0.388 e. The molecule has 0 radical (unpaired) electrons. The monoisotopic (exact) mass is 467 g/mol. The maximum atomic E-state index is 15.6. The normalized spacial score (nSPS) is 12.1. The van der Waals surface area contributed by atoms with Gasteiger partial charge in [0.1, 0.15) is 5.82 Å². The van der Waals surface area contributed by atoms with Gasteiger partial charge >= 0.3 is 0 Å². The lowest BCUT2D eigenvalue weighted by atomic mass is 9.96. The summed E-state index contributed by atoms with van der Waals surface area (Å²) in [4.78, 5) is 17.0. The van der Waals surface area contributed by atoms with Gasteiger partial charge in [-0.2, -0.15) is 4.98 Å². The molecule has 0 bridgehead atoms. The molecule has 7 nitrogen and oxygen atoms in total. The van der Waals surface area contributed by atoms with E-state index in [0.717, 1.165) is 0 Å². The molecule has 0 spiro atoms. The molecule has 2 heterocycles. The molecule has 2 aromatic heterocycles. The maximum Gasteiger partial charge on any atom is 0.254 e. The van der Waals surface area contributed by atoms with Crippen LogP contribution < -0.4 is 11.1 Å². The quantitative estimate of drug-likeness (QED) is 0.378. The van der Waals surface area contributed by atoms with Crippen molar-refractivity contribution in [1.29, 1.82) is 0 Å². The number of hydrogen-bond donors (Lipinski definition) is 3. The van der Waals surface area contributed by atoms with Gasteiger partial charge in [0.25, 0.3) is 5.91 Å². The van der Waals surface area contributed by atoms with Crippen LogP contribution in [0.1, 0.15) is 40.9 Å². The zero-order valence-electron chi connectivity index (χ0n) is 17.9. The summed E-state index contributed by atoms with van der Waals surface area (Å²) in [5, 5.41) is 17.7. The Morgan fingerprint density at radius 1 is 1.24 bits per heavy atom. The number of anilines is 1. The number of pyridine rings is 1. The van der Waals surface area contributed by atoms with E-state index in [1.807, 2.05) is 6.92 Å². The Labute approximate surface area is 195 Å². The van der Waals surface area contributed by atoms with Crippen molar-refractivity contribution in [3.63, 3.8) is 0 Å². The summed E-state index contributed by atoms with van der Waals surface area (Å²) in [6.45, 7) is 2.04. The maximum absolute atomic E-state index is 15.6. The van der Waals surface area contributed by atoms with Gasteiger partial charge in [0.15, 0.2) is 5.65 Å². The number of aliphatic hydroxyl groups is 1. The van der Waals surface area contributed by atoms with Crippen LogP contribution in [-0.4, -0.2) is 32.2 Å². The third-order valence-corrected chi connectivity index (χ3v) is 5.71. The van der Waals surface area contributed by atoms with E-state index < -0.39 is 17.8 Å². The highest BCUT2D eigenvalue weighted by Gasteiger charge is 2.21. The number of aromatic nitrogens is 3. The Balaban J connectivity index is 1.54. The van der Waals surface area contributed by atoms with E-state index in [1.165, 1.54) is 4.52 Å². The van der Waals surface area contributed by atoms with Crippen molar-refractivity contribution in [2.45, 2.75) is 25.9 Å². The smallest absolute Gasteiger partial charge is 0.254 e. The molecule has 1 amide bonds. The fourth-order valence-electron chi connectivity index (χ4n) is 3.71. The van der Waals surface area contributed by atoms with Gasteiger partial charge in [0.05, 0.1) is 11.7 Å². The molecule has 0 saturated heterocycles.